The van der Waals surface area contributed by atoms with Gasteiger partial charge in [0.25, 0.3) is 0 Å². The lowest BCUT2D eigenvalue weighted by Gasteiger charge is -2.40. The van der Waals surface area contributed by atoms with Crippen LogP contribution in [0.5, 0.6) is 0 Å². The SMILES string of the molecule is CC(C)(CC#N)C(C)(C)Cc1c[nH]c2ccccc12. The maximum Gasteiger partial charge on any atom is 0.0627 e. The van der Waals surface area contributed by atoms with Crippen LogP contribution in [0.3, 0.4) is 0 Å². The largest absolute Gasteiger partial charge is 0.361 e. The van der Waals surface area contributed by atoms with Crippen LogP contribution in [0.4, 0.5) is 0 Å². The molecule has 1 N–H and O–H groups in total. The number of fused-ring (bicyclic) bond motifs is 1. The molecule has 1 aromatic carbocycles. The Balaban J connectivity index is 2.32. The number of rotatable bonds is 4. The molecule has 2 rings (SSSR count). The Morgan fingerprint density at radius 1 is 1.11 bits per heavy atom. The average molecular weight is 254 g/mol. The van der Waals surface area contributed by atoms with Crippen LogP contribution >= 0.6 is 0 Å². The lowest BCUT2D eigenvalue weighted by atomic mass is 9.63. The van der Waals surface area contributed by atoms with Gasteiger partial charge in [-0.05, 0) is 28.9 Å². The van der Waals surface area contributed by atoms with Gasteiger partial charge in [0.2, 0.25) is 0 Å². The molecule has 0 unspecified atom stereocenters. The predicted molar refractivity (Wildman–Crippen MR) is 79.8 cm³/mol. The molecule has 0 radical (unpaired) electrons. The first kappa shape index (κ1) is 13.7. The van der Waals surface area contributed by atoms with E-state index in [0.29, 0.717) is 6.42 Å². The Hall–Kier alpha value is -1.75. The van der Waals surface area contributed by atoms with E-state index in [1.54, 1.807) is 0 Å². The second-order valence-electron chi connectivity index (χ2n) is 6.64. The van der Waals surface area contributed by atoms with Crippen molar-refractivity contribution in [2.75, 3.05) is 0 Å². The standard InChI is InChI=1S/C17H22N2/c1-16(2,9-10-18)17(3,4)11-13-12-19-15-8-6-5-7-14(13)15/h5-8,12,19H,9,11H2,1-4H3. The van der Waals surface area contributed by atoms with Crippen LogP contribution in [0.15, 0.2) is 30.5 Å². The van der Waals surface area contributed by atoms with E-state index in [-0.39, 0.29) is 10.8 Å². The summed E-state index contributed by atoms with van der Waals surface area (Å²) in [5.41, 5.74) is 2.60. The van der Waals surface area contributed by atoms with Crippen LogP contribution in [0.2, 0.25) is 0 Å². The molecular weight excluding hydrogens is 232 g/mol. The molecule has 1 heterocycles. The van der Waals surface area contributed by atoms with E-state index in [9.17, 15) is 0 Å². The van der Waals surface area contributed by atoms with Crippen molar-refractivity contribution in [2.45, 2.75) is 40.5 Å². The first-order valence-electron chi connectivity index (χ1n) is 6.79. The number of aromatic amines is 1. The summed E-state index contributed by atoms with van der Waals surface area (Å²) in [7, 11) is 0. The van der Waals surface area contributed by atoms with Gasteiger partial charge in [-0.3, -0.25) is 0 Å². The van der Waals surface area contributed by atoms with E-state index < -0.39 is 0 Å². The topological polar surface area (TPSA) is 39.6 Å². The molecule has 0 fully saturated rings. The minimum atomic E-state index is 0.000123. The number of para-hydroxylation sites is 1. The number of aromatic nitrogens is 1. The molecule has 0 saturated carbocycles. The van der Waals surface area contributed by atoms with E-state index in [1.165, 1.54) is 16.5 Å². The summed E-state index contributed by atoms with van der Waals surface area (Å²) >= 11 is 0. The van der Waals surface area contributed by atoms with Crippen molar-refractivity contribution in [1.82, 2.24) is 4.98 Å². The molecule has 0 amide bonds. The smallest absolute Gasteiger partial charge is 0.0627 e. The zero-order valence-electron chi connectivity index (χ0n) is 12.2. The highest BCUT2D eigenvalue weighted by atomic mass is 14.7. The van der Waals surface area contributed by atoms with Crippen molar-refractivity contribution in [3.8, 4) is 6.07 Å². The van der Waals surface area contributed by atoms with Gasteiger partial charge >= 0.3 is 0 Å². The van der Waals surface area contributed by atoms with Crippen LogP contribution in [0.1, 0.15) is 39.7 Å². The summed E-state index contributed by atoms with van der Waals surface area (Å²) in [6, 6.07) is 10.7. The Bertz CT molecular complexity index is 611. The fraction of sp³-hybridized carbons (Fsp3) is 0.471. The molecule has 2 heteroatoms. The lowest BCUT2D eigenvalue weighted by molar-refractivity contribution is 0.115. The molecule has 0 aliphatic carbocycles. The van der Waals surface area contributed by atoms with E-state index in [2.05, 4.69) is 63.1 Å². The predicted octanol–water partition coefficient (Wildman–Crippen LogP) is 4.68. The fourth-order valence-electron chi connectivity index (χ4n) is 2.43. The highest BCUT2D eigenvalue weighted by Gasteiger charge is 2.37. The Morgan fingerprint density at radius 2 is 1.79 bits per heavy atom. The van der Waals surface area contributed by atoms with Crippen LogP contribution in [0, 0.1) is 22.2 Å². The van der Waals surface area contributed by atoms with Crippen molar-refractivity contribution in [2.24, 2.45) is 10.8 Å². The molecule has 0 atom stereocenters. The second kappa shape index (κ2) is 4.74. The minimum Gasteiger partial charge on any atom is -0.361 e. The average Bonchev–Trinajstić information content (AvgIpc) is 2.72. The highest BCUT2D eigenvalue weighted by Crippen LogP contribution is 2.44. The molecule has 1 aromatic heterocycles. The normalized spacial score (nSPS) is 12.6. The summed E-state index contributed by atoms with van der Waals surface area (Å²) in [5, 5.41) is 10.3. The highest BCUT2D eigenvalue weighted by molar-refractivity contribution is 5.83. The van der Waals surface area contributed by atoms with Crippen LogP contribution in [0.25, 0.3) is 10.9 Å². The van der Waals surface area contributed by atoms with Gasteiger partial charge in [-0.25, -0.2) is 0 Å². The van der Waals surface area contributed by atoms with Gasteiger partial charge in [-0.15, -0.1) is 0 Å². The summed E-state index contributed by atoms with van der Waals surface area (Å²) in [6.07, 6.45) is 3.67. The van der Waals surface area contributed by atoms with E-state index in [0.717, 1.165) is 6.42 Å². The van der Waals surface area contributed by atoms with Gasteiger partial charge in [0, 0.05) is 23.5 Å². The van der Waals surface area contributed by atoms with Gasteiger partial charge in [0.1, 0.15) is 0 Å². The summed E-state index contributed by atoms with van der Waals surface area (Å²) < 4.78 is 0. The van der Waals surface area contributed by atoms with Gasteiger partial charge < -0.3 is 4.98 Å². The molecule has 19 heavy (non-hydrogen) atoms. The molecule has 100 valence electrons. The molecule has 0 saturated heterocycles. The quantitative estimate of drug-likeness (QED) is 0.845. The minimum absolute atomic E-state index is 0.000123. The van der Waals surface area contributed by atoms with Gasteiger partial charge in [-0.2, -0.15) is 5.26 Å². The van der Waals surface area contributed by atoms with Crippen molar-refractivity contribution < 1.29 is 0 Å². The van der Waals surface area contributed by atoms with Crippen LogP contribution in [-0.4, -0.2) is 4.98 Å². The third kappa shape index (κ3) is 2.51. The molecular formula is C17H22N2. The third-order valence-corrected chi connectivity index (χ3v) is 4.66. The van der Waals surface area contributed by atoms with Crippen molar-refractivity contribution in [1.29, 1.82) is 5.26 Å². The third-order valence-electron chi connectivity index (χ3n) is 4.66. The molecule has 0 aliphatic heterocycles. The number of nitrogens with zero attached hydrogens (tertiary/aromatic N) is 1. The zero-order valence-corrected chi connectivity index (χ0v) is 12.2. The Morgan fingerprint density at radius 3 is 2.47 bits per heavy atom. The van der Waals surface area contributed by atoms with Crippen molar-refractivity contribution >= 4 is 10.9 Å². The van der Waals surface area contributed by atoms with Gasteiger partial charge in [0.15, 0.2) is 0 Å². The first-order valence-corrected chi connectivity index (χ1v) is 6.79. The van der Waals surface area contributed by atoms with Crippen molar-refractivity contribution in [3.05, 3.63) is 36.0 Å². The first-order chi connectivity index (χ1) is 8.87. The Labute approximate surface area is 115 Å². The van der Waals surface area contributed by atoms with Crippen LogP contribution in [-0.2, 0) is 6.42 Å². The van der Waals surface area contributed by atoms with Crippen LogP contribution < -0.4 is 0 Å². The number of benzene rings is 1. The fourth-order valence-corrected chi connectivity index (χ4v) is 2.43. The van der Waals surface area contributed by atoms with E-state index in [4.69, 9.17) is 5.26 Å². The number of nitriles is 1. The number of hydrogen-bond acceptors (Lipinski definition) is 1. The summed E-state index contributed by atoms with van der Waals surface area (Å²) in [6.45, 7) is 8.88. The maximum atomic E-state index is 9.01. The number of hydrogen-bond donors (Lipinski definition) is 1. The second-order valence-corrected chi connectivity index (χ2v) is 6.64. The summed E-state index contributed by atoms with van der Waals surface area (Å²) in [4.78, 5) is 3.33. The van der Waals surface area contributed by atoms with Gasteiger partial charge in [-0.1, -0.05) is 45.9 Å². The van der Waals surface area contributed by atoms with E-state index >= 15 is 0 Å². The zero-order chi connectivity index (χ0) is 14.1. The van der Waals surface area contributed by atoms with Crippen molar-refractivity contribution in [3.63, 3.8) is 0 Å². The summed E-state index contributed by atoms with van der Waals surface area (Å²) in [5.74, 6) is 0. The monoisotopic (exact) mass is 254 g/mol. The van der Waals surface area contributed by atoms with E-state index in [1.807, 2.05) is 6.07 Å². The molecule has 0 spiro atoms. The number of nitrogens with one attached hydrogen (secondary N) is 1. The van der Waals surface area contributed by atoms with Gasteiger partial charge in [0.05, 0.1) is 6.07 Å². The Kier molecular flexibility index (Phi) is 3.41. The lowest BCUT2D eigenvalue weighted by Crippen LogP contribution is -2.34. The maximum absolute atomic E-state index is 9.01. The molecule has 2 nitrogen and oxygen atoms in total. The molecule has 0 bridgehead atoms. The molecule has 0 aliphatic rings. The molecule has 2 aromatic rings. The number of H-pyrrole nitrogens is 1.